The number of carbonyl (C=O) groups excluding carboxylic acids is 1. The zero-order valence-electron chi connectivity index (χ0n) is 8.07. The van der Waals surface area contributed by atoms with Crippen LogP contribution in [0.2, 0.25) is 0 Å². The molecule has 0 aliphatic rings. The van der Waals surface area contributed by atoms with Gasteiger partial charge in [-0.15, -0.1) is 0 Å². The molecule has 0 fully saturated rings. The van der Waals surface area contributed by atoms with E-state index in [0.717, 1.165) is 0 Å². The Balaban J connectivity index is 2.51. The zero-order chi connectivity index (χ0) is 11.3. The number of aromatic nitrogens is 1. The van der Waals surface area contributed by atoms with E-state index in [1.165, 1.54) is 31.6 Å². The minimum absolute atomic E-state index is 0.169. The first-order valence-electron chi connectivity index (χ1n) is 4.15. The number of guanidine groups is 1. The molecule has 0 aromatic carbocycles. The maximum Gasteiger partial charge on any atom is 0.321 e. The van der Waals surface area contributed by atoms with Crippen LogP contribution in [0.15, 0.2) is 24.5 Å². The van der Waals surface area contributed by atoms with Crippen molar-refractivity contribution in [2.24, 2.45) is 0 Å². The lowest BCUT2D eigenvalue weighted by atomic mass is 10.4. The molecule has 1 rings (SSSR count). The first-order valence-corrected chi connectivity index (χ1v) is 4.15. The van der Waals surface area contributed by atoms with Crippen LogP contribution in [0.1, 0.15) is 0 Å². The van der Waals surface area contributed by atoms with E-state index in [0.29, 0.717) is 10.4 Å². The van der Waals surface area contributed by atoms with Crippen molar-refractivity contribution in [3.8, 4) is 0 Å². The molecule has 2 amide bonds. The molecule has 0 aliphatic heterocycles. The second-order valence-electron chi connectivity index (χ2n) is 2.65. The highest BCUT2D eigenvalue weighted by molar-refractivity contribution is 6.01. The van der Waals surface area contributed by atoms with Gasteiger partial charge < -0.3 is 15.8 Å². The fourth-order valence-corrected chi connectivity index (χ4v) is 0.848. The minimum Gasteiger partial charge on any atom is -0.619 e. The molecule has 15 heavy (non-hydrogen) atoms. The topological polar surface area (TPSA) is 104 Å². The van der Waals surface area contributed by atoms with E-state index in [1.54, 1.807) is 0 Å². The van der Waals surface area contributed by atoms with Crippen LogP contribution in [0.4, 0.5) is 10.5 Å². The number of hydrogen-bond acceptors (Lipinski definition) is 3. The van der Waals surface area contributed by atoms with Crippen LogP contribution in [-0.4, -0.2) is 19.0 Å². The van der Waals surface area contributed by atoms with Crippen LogP contribution >= 0.6 is 0 Å². The van der Waals surface area contributed by atoms with Crippen molar-refractivity contribution in [1.82, 2.24) is 10.6 Å². The molecular weight excluding hydrogens is 198 g/mol. The average Bonchev–Trinajstić information content (AvgIpc) is 2.21. The Morgan fingerprint density at radius 2 is 2.07 bits per heavy atom. The summed E-state index contributed by atoms with van der Waals surface area (Å²) in [5, 5.41) is 25.2. The van der Waals surface area contributed by atoms with Gasteiger partial charge in [0.15, 0.2) is 12.4 Å². The summed E-state index contributed by atoms with van der Waals surface area (Å²) < 4.78 is 0.626. The highest BCUT2D eigenvalue weighted by Gasteiger charge is 2.02. The Morgan fingerprint density at radius 1 is 1.47 bits per heavy atom. The summed E-state index contributed by atoms with van der Waals surface area (Å²) in [6, 6.07) is 2.50. The molecule has 0 radical (unpaired) electrons. The SMILES string of the molecule is CNC(=O)NC(=N)Nc1cc[n+]([O-])cc1. The normalized spacial score (nSPS) is 9.13. The molecular formula is C8H11N5O2. The van der Waals surface area contributed by atoms with Gasteiger partial charge in [-0.05, 0) is 0 Å². The number of anilines is 1. The Morgan fingerprint density at radius 3 is 2.60 bits per heavy atom. The van der Waals surface area contributed by atoms with Gasteiger partial charge in [0.25, 0.3) is 0 Å². The first kappa shape index (κ1) is 10.8. The summed E-state index contributed by atoms with van der Waals surface area (Å²) in [4.78, 5) is 10.8. The Kier molecular flexibility index (Phi) is 3.44. The maximum absolute atomic E-state index is 10.8. The molecule has 4 N–H and O–H groups in total. The summed E-state index contributed by atoms with van der Waals surface area (Å²) >= 11 is 0. The largest absolute Gasteiger partial charge is 0.619 e. The summed E-state index contributed by atoms with van der Waals surface area (Å²) in [5.41, 5.74) is 0.545. The standard InChI is InChI=1S/C8H11N5O2/c1-10-8(14)12-7(9)11-6-2-4-13(15)5-3-6/h2-5H,1H3,(H4,9,10,11,12,14). The van der Waals surface area contributed by atoms with Crippen LogP contribution in [0, 0.1) is 10.6 Å². The number of nitrogens with one attached hydrogen (secondary N) is 4. The van der Waals surface area contributed by atoms with Gasteiger partial charge in [0, 0.05) is 19.2 Å². The predicted octanol–water partition coefficient (Wildman–Crippen LogP) is -0.404. The third-order valence-electron chi connectivity index (χ3n) is 1.54. The highest BCUT2D eigenvalue weighted by atomic mass is 16.5. The number of urea groups is 1. The monoisotopic (exact) mass is 209 g/mol. The van der Waals surface area contributed by atoms with Crippen molar-refractivity contribution >= 4 is 17.7 Å². The van der Waals surface area contributed by atoms with Gasteiger partial charge >= 0.3 is 6.03 Å². The number of hydrogen-bond donors (Lipinski definition) is 4. The summed E-state index contributed by atoms with van der Waals surface area (Å²) in [7, 11) is 1.45. The van der Waals surface area contributed by atoms with E-state index in [-0.39, 0.29) is 5.96 Å². The van der Waals surface area contributed by atoms with Crippen molar-refractivity contribution in [2.75, 3.05) is 12.4 Å². The van der Waals surface area contributed by atoms with Gasteiger partial charge in [0.05, 0.1) is 5.69 Å². The number of rotatable bonds is 1. The molecule has 80 valence electrons. The first-order chi connectivity index (χ1) is 7.11. The van der Waals surface area contributed by atoms with E-state index in [4.69, 9.17) is 5.41 Å². The quantitative estimate of drug-likeness (QED) is 0.219. The van der Waals surface area contributed by atoms with E-state index in [9.17, 15) is 10.0 Å². The Labute approximate surface area is 86.2 Å². The van der Waals surface area contributed by atoms with Crippen molar-refractivity contribution in [1.29, 1.82) is 5.41 Å². The molecule has 1 aromatic rings. The van der Waals surface area contributed by atoms with Crippen LogP contribution in [0.3, 0.4) is 0 Å². The van der Waals surface area contributed by atoms with Crippen molar-refractivity contribution in [3.63, 3.8) is 0 Å². The van der Waals surface area contributed by atoms with Crippen LogP contribution in [0.25, 0.3) is 0 Å². The fraction of sp³-hybridized carbons (Fsp3) is 0.125. The average molecular weight is 209 g/mol. The third-order valence-corrected chi connectivity index (χ3v) is 1.54. The molecule has 0 aliphatic carbocycles. The number of amides is 2. The van der Waals surface area contributed by atoms with Crippen LogP contribution in [0.5, 0.6) is 0 Å². The lowest BCUT2D eigenvalue weighted by Crippen LogP contribution is -2.40. The van der Waals surface area contributed by atoms with Crippen LogP contribution < -0.4 is 20.7 Å². The van der Waals surface area contributed by atoms with E-state index in [1.807, 2.05) is 0 Å². The number of carbonyl (C=O) groups is 1. The minimum atomic E-state index is -0.484. The van der Waals surface area contributed by atoms with Crippen molar-refractivity contribution in [3.05, 3.63) is 29.7 Å². The van der Waals surface area contributed by atoms with Crippen molar-refractivity contribution in [2.45, 2.75) is 0 Å². The molecule has 0 saturated carbocycles. The maximum atomic E-state index is 10.8. The molecule has 0 saturated heterocycles. The number of pyridine rings is 1. The molecule has 0 spiro atoms. The van der Waals surface area contributed by atoms with Gasteiger partial charge in [0.1, 0.15) is 0 Å². The van der Waals surface area contributed by atoms with Crippen LogP contribution in [-0.2, 0) is 0 Å². The Bertz CT molecular complexity index is 362. The van der Waals surface area contributed by atoms with E-state index >= 15 is 0 Å². The van der Waals surface area contributed by atoms with E-state index in [2.05, 4.69) is 16.0 Å². The zero-order valence-corrected chi connectivity index (χ0v) is 8.07. The smallest absolute Gasteiger partial charge is 0.321 e. The number of nitrogens with zero attached hydrogens (tertiary/aromatic N) is 1. The second kappa shape index (κ2) is 4.80. The molecule has 0 bridgehead atoms. The molecule has 1 heterocycles. The summed E-state index contributed by atoms with van der Waals surface area (Å²) in [5.74, 6) is -0.169. The molecule has 0 atom stereocenters. The third kappa shape index (κ3) is 3.51. The van der Waals surface area contributed by atoms with Gasteiger partial charge in [0.2, 0.25) is 5.96 Å². The predicted molar refractivity (Wildman–Crippen MR) is 54.3 cm³/mol. The van der Waals surface area contributed by atoms with Gasteiger partial charge in [-0.3, -0.25) is 10.7 Å². The molecule has 7 nitrogen and oxygen atoms in total. The van der Waals surface area contributed by atoms with Gasteiger partial charge in [-0.1, -0.05) is 0 Å². The summed E-state index contributed by atoms with van der Waals surface area (Å²) in [6.07, 6.45) is 2.57. The van der Waals surface area contributed by atoms with Gasteiger partial charge in [-0.2, -0.15) is 4.73 Å². The molecule has 7 heteroatoms. The van der Waals surface area contributed by atoms with Gasteiger partial charge in [-0.25, -0.2) is 4.79 Å². The van der Waals surface area contributed by atoms with Crippen molar-refractivity contribution < 1.29 is 9.52 Å². The van der Waals surface area contributed by atoms with E-state index < -0.39 is 6.03 Å². The molecule has 1 aromatic heterocycles. The Hall–Kier alpha value is -2.31. The fourth-order valence-electron chi connectivity index (χ4n) is 0.848. The summed E-state index contributed by atoms with van der Waals surface area (Å²) in [6.45, 7) is 0. The lowest BCUT2D eigenvalue weighted by Gasteiger charge is -2.08. The second-order valence-corrected chi connectivity index (χ2v) is 2.65. The highest BCUT2D eigenvalue weighted by Crippen LogP contribution is 2.00. The lowest BCUT2D eigenvalue weighted by molar-refractivity contribution is -0.605. The molecule has 0 unspecified atom stereocenters.